The lowest BCUT2D eigenvalue weighted by Gasteiger charge is -2.23. The van der Waals surface area contributed by atoms with E-state index in [-0.39, 0.29) is 36.2 Å². The Kier molecular flexibility index (Phi) is 9.96. The zero-order valence-electron chi connectivity index (χ0n) is 19.3. The summed E-state index contributed by atoms with van der Waals surface area (Å²) >= 11 is 0. The van der Waals surface area contributed by atoms with Gasteiger partial charge in [0.2, 0.25) is 11.7 Å². The number of amides is 1. The molecule has 0 spiro atoms. The fourth-order valence-corrected chi connectivity index (χ4v) is 3.25. The van der Waals surface area contributed by atoms with Gasteiger partial charge >= 0.3 is 5.97 Å². The van der Waals surface area contributed by atoms with Crippen molar-refractivity contribution in [2.75, 3.05) is 14.2 Å². The summed E-state index contributed by atoms with van der Waals surface area (Å²) in [5, 5.41) is 22.3. The van der Waals surface area contributed by atoms with Crippen LogP contribution >= 0.6 is 0 Å². The third-order valence-corrected chi connectivity index (χ3v) is 4.92. The summed E-state index contributed by atoms with van der Waals surface area (Å²) in [5.41, 5.74) is 4.23. The average Bonchev–Trinajstić information content (AvgIpc) is 2.79. The van der Waals surface area contributed by atoms with Crippen molar-refractivity contribution in [1.29, 1.82) is 0 Å². The topological polar surface area (TPSA) is 126 Å². The molecule has 0 unspecified atom stereocenters. The van der Waals surface area contributed by atoms with Crippen molar-refractivity contribution in [1.82, 2.24) is 10.8 Å². The van der Waals surface area contributed by atoms with Crippen molar-refractivity contribution >= 4 is 11.9 Å². The second kappa shape index (κ2) is 12.7. The molecule has 0 aromatic heterocycles. The molecule has 33 heavy (non-hydrogen) atoms. The van der Waals surface area contributed by atoms with Crippen LogP contribution in [-0.2, 0) is 27.5 Å². The van der Waals surface area contributed by atoms with Gasteiger partial charge in [-0.25, -0.2) is 4.79 Å². The normalized spacial score (nSPS) is 12.8. The Morgan fingerprint density at radius 3 is 2.09 bits per heavy atom. The maximum absolute atomic E-state index is 12.9. The third-order valence-electron chi connectivity index (χ3n) is 4.92. The quantitative estimate of drug-likeness (QED) is 0.336. The van der Waals surface area contributed by atoms with E-state index in [4.69, 9.17) is 14.3 Å². The van der Waals surface area contributed by atoms with Crippen molar-refractivity contribution in [3.05, 3.63) is 53.6 Å². The molecular formula is C24H32N2O7. The van der Waals surface area contributed by atoms with E-state index in [2.05, 4.69) is 10.8 Å². The molecule has 9 heteroatoms. The van der Waals surface area contributed by atoms with Crippen LogP contribution in [0, 0.1) is 5.92 Å². The zero-order valence-corrected chi connectivity index (χ0v) is 19.3. The lowest BCUT2D eigenvalue weighted by Crippen LogP contribution is -2.51. The van der Waals surface area contributed by atoms with Gasteiger partial charge in [-0.15, -0.1) is 0 Å². The number of carbonyl (C=O) groups is 2. The van der Waals surface area contributed by atoms with Crippen LogP contribution in [-0.4, -0.2) is 48.4 Å². The number of aliphatic carboxylic acids is 1. The first-order chi connectivity index (χ1) is 15.7. The Labute approximate surface area is 193 Å². The first-order valence-corrected chi connectivity index (χ1v) is 10.6. The fraction of sp³-hybridized carbons (Fsp3) is 0.417. The van der Waals surface area contributed by atoms with Crippen LogP contribution in [0.4, 0.5) is 0 Å². The molecule has 4 N–H and O–H groups in total. The highest BCUT2D eigenvalue weighted by molar-refractivity contribution is 5.87. The molecule has 1 amide bonds. The van der Waals surface area contributed by atoms with Crippen LogP contribution in [0.2, 0.25) is 0 Å². The van der Waals surface area contributed by atoms with Crippen LogP contribution < -0.4 is 20.3 Å². The van der Waals surface area contributed by atoms with E-state index in [0.717, 1.165) is 5.56 Å². The first-order valence-electron chi connectivity index (χ1n) is 10.6. The second-order valence-corrected chi connectivity index (χ2v) is 8.03. The fourth-order valence-electron chi connectivity index (χ4n) is 3.25. The standard InChI is InChI=1S/C24H32N2O7/c1-15(2)10-18(26-33-14-16-8-6-5-7-9-16)23(28)25-19(24(29)30)11-17-12-20(31-3)22(27)21(13-17)32-4/h5-9,12-13,15,18-19,26-27H,10-11,14H2,1-4H3,(H,25,28)(H,29,30)/t18-,19-/m0/s1. The highest BCUT2D eigenvalue weighted by Crippen LogP contribution is 2.37. The minimum Gasteiger partial charge on any atom is -0.502 e. The number of carboxylic acids is 1. The Morgan fingerprint density at radius 1 is 0.970 bits per heavy atom. The minimum atomic E-state index is -1.21. The van der Waals surface area contributed by atoms with Crippen molar-refractivity contribution in [3.63, 3.8) is 0 Å². The lowest BCUT2D eigenvalue weighted by molar-refractivity contribution is -0.143. The Morgan fingerprint density at radius 2 is 1.58 bits per heavy atom. The smallest absolute Gasteiger partial charge is 0.326 e. The van der Waals surface area contributed by atoms with Gasteiger partial charge in [-0.05, 0) is 35.6 Å². The monoisotopic (exact) mass is 460 g/mol. The average molecular weight is 461 g/mol. The maximum atomic E-state index is 12.9. The van der Waals surface area contributed by atoms with Gasteiger partial charge in [0.15, 0.2) is 11.5 Å². The van der Waals surface area contributed by atoms with Crippen LogP contribution in [0.25, 0.3) is 0 Å². The number of carboxylic acid groups (broad SMARTS) is 1. The van der Waals surface area contributed by atoms with Gasteiger partial charge in [-0.1, -0.05) is 44.2 Å². The lowest BCUT2D eigenvalue weighted by atomic mass is 10.0. The number of carbonyl (C=O) groups excluding carboxylic acids is 1. The van der Waals surface area contributed by atoms with E-state index in [0.29, 0.717) is 12.0 Å². The number of phenols is 1. The summed E-state index contributed by atoms with van der Waals surface area (Å²) in [6, 6.07) is 10.6. The van der Waals surface area contributed by atoms with Crippen LogP contribution in [0.5, 0.6) is 17.2 Å². The SMILES string of the molecule is COc1cc(C[C@H](NC(=O)[C@H](CC(C)C)NOCc2ccccc2)C(=O)O)cc(OC)c1O. The van der Waals surface area contributed by atoms with Gasteiger partial charge in [0.05, 0.1) is 20.8 Å². The summed E-state index contributed by atoms with van der Waals surface area (Å²) in [6.45, 7) is 4.18. The summed E-state index contributed by atoms with van der Waals surface area (Å²) in [6.07, 6.45) is 0.418. The van der Waals surface area contributed by atoms with Gasteiger partial charge in [0.1, 0.15) is 12.1 Å². The summed E-state index contributed by atoms with van der Waals surface area (Å²) in [7, 11) is 2.76. The minimum absolute atomic E-state index is 0.0344. The van der Waals surface area contributed by atoms with Crippen molar-refractivity contribution in [3.8, 4) is 17.2 Å². The largest absolute Gasteiger partial charge is 0.502 e. The number of phenolic OH excluding ortho intramolecular Hbond substituents is 1. The van der Waals surface area contributed by atoms with E-state index in [1.54, 1.807) is 0 Å². The molecule has 2 aromatic carbocycles. The van der Waals surface area contributed by atoms with Gasteiger partial charge in [-0.3, -0.25) is 9.63 Å². The van der Waals surface area contributed by atoms with E-state index in [1.165, 1.54) is 26.4 Å². The number of nitrogens with one attached hydrogen (secondary N) is 2. The van der Waals surface area contributed by atoms with Crippen LogP contribution in [0.3, 0.4) is 0 Å². The van der Waals surface area contributed by atoms with Crippen molar-refractivity contribution in [2.45, 2.75) is 45.4 Å². The number of aromatic hydroxyl groups is 1. The zero-order chi connectivity index (χ0) is 24.4. The van der Waals surface area contributed by atoms with Gasteiger partial charge in [-0.2, -0.15) is 5.48 Å². The summed E-state index contributed by atoms with van der Waals surface area (Å²) < 4.78 is 10.2. The predicted octanol–water partition coefficient (Wildman–Crippen LogP) is 2.66. The molecule has 0 aliphatic heterocycles. The molecule has 0 aliphatic carbocycles. The predicted molar refractivity (Wildman–Crippen MR) is 122 cm³/mol. The number of hydroxylamine groups is 1. The van der Waals surface area contributed by atoms with Gasteiger partial charge < -0.3 is 25.0 Å². The van der Waals surface area contributed by atoms with Crippen LogP contribution in [0.1, 0.15) is 31.4 Å². The Balaban J connectivity index is 2.09. The molecule has 0 aliphatic rings. The Hall–Kier alpha value is -3.30. The number of methoxy groups -OCH3 is 2. The highest BCUT2D eigenvalue weighted by Gasteiger charge is 2.27. The number of hydrogen-bond donors (Lipinski definition) is 4. The maximum Gasteiger partial charge on any atom is 0.326 e. The molecule has 0 heterocycles. The molecule has 2 rings (SSSR count). The van der Waals surface area contributed by atoms with Crippen LogP contribution in [0.15, 0.2) is 42.5 Å². The summed E-state index contributed by atoms with van der Waals surface area (Å²) in [5.74, 6) is -1.40. The number of hydrogen-bond acceptors (Lipinski definition) is 7. The number of ether oxygens (including phenoxy) is 2. The molecule has 0 radical (unpaired) electrons. The van der Waals surface area contributed by atoms with E-state index < -0.39 is 24.0 Å². The molecule has 0 fully saturated rings. The van der Waals surface area contributed by atoms with E-state index in [9.17, 15) is 19.8 Å². The van der Waals surface area contributed by atoms with E-state index in [1.807, 2.05) is 44.2 Å². The molecule has 0 bridgehead atoms. The molecule has 0 saturated heterocycles. The van der Waals surface area contributed by atoms with Crippen molar-refractivity contribution in [2.24, 2.45) is 5.92 Å². The number of benzene rings is 2. The Bertz CT molecular complexity index is 893. The summed E-state index contributed by atoms with van der Waals surface area (Å²) in [4.78, 5) is 30.3. The molecule has 180 valence electrons. The molecule has 2 atom stereocenters. The number of rotatable bonds is 13. The van der Waals surface area contributed by atoms with Gasteiger partial charge in [0, 0.05) is 6.42 Å². The molecule has 0 saturated carbocycles. The highest BCUT2D eigenvalue weighted by atomic mass is 16.6. The molecular weight excluding hydrogens is 428 g/mol. The van der Waals surface area contributed by atoms with Crippen molar-refractivity contribution < 1.29 is 34.1 Å². The third kappa shape index (κ3) is 7.96. The van der Waals surface area contributed by atoms with Gasteiger partial charge in [0.25, 0.3) is 0 Å². The molecule has 9 nitrogen and oxygen atoms in total. The first kappa shape index (κ1) is 26.0. The molecule has 2 aromatic rings. The van der Waals surface area contributed by atoms with E-state index >= 15 is 0 Å². The second-order valence-electron chi connectivity index (χ2n) is 8.03.